The first-order valence-electron chi connectivity index (χ1n) is 9.47. The molecule has 1 aromatic carbocycles. The highest BCUT2D eigenvalue weighted by atomic mass is 127. The highest BCUT2D eigenvalue weighted by Crippen LogP contribution is 2.19. The van der Waals surface area contributed by atoms with Crippen molar-refractivity contribution in [3.05, 3.63) is 59.7 Å². The molecule has 0 atom stereocenters. The molecule has 2 aromatic heterocycles. The quantitative estimate of drug-likeness (QED) is 0.258. The van der Waals surface area contributed by atoms with Gasteiger partial charge in [0.05, 0.1) is 12.2 Å². The number of nitrogens with zero attached hydrogens (tertiary/aromatic N) is 3. The lowest BCUT2D eigenvalue weighted by atomic mass is 10.1. The average molecular weight is 510 g/mol. The molecule has 0 saturated heterocycles. The molecule has 0 spiro atoms. The second-order valence-electron chi connectivity index (χ2n) is 6.76. The summed E-state index contributed by atoms with van der Waals surface area (Å²) in [7, 11) is 3.94. The van der Waals surface area contributed by atoms with Gasteiger partial charge in [-0.25, -0.2) is 14.4 Å². The normalized spacial score (nSPS) is 11.2. The summed E-state index contributed by atoms with van der Waals surface area (Å²) >= 11 is 0. The number of aromatic amines is 1. The molecule has 0 saturated carbocycles. The van der Waals surface area contributed by atoms with E-state index in [0.29, 0.717) is 13.1 Å². The molecule has 8 heteroatoms. The zero-order chi connectivity index (χ0) is 19.9. The highest BCUT2D eigenvalue weighted by molar-refractivity contribution is 14.0. The summed E-state index contributed by atoms with van der Waals surface area (Å²) in [5, 5.41) is 7.51. The van der Waals surface area contributed by atoms with Gasteiger partial charge in [-0.05, 0) is 49.2 Å². The van der Waals surface area contributed by atoms with Crippen LogP contribution in [0.3, 0.4) is 0 Å². The molecule has 0 radical (unpaired) electrons. The van der Waals surface area contributed by atoms with Crippen molar-refractivity contribution < 1.29 is 4.39 Å². The molecular formula is C21H28FIN6. The number of anilines is 1. The minimum atomic E-state index is -0.219. The summed E-state index contributed by atoms with van der Waals surface area (Å²) in [6.45, 7) is 4.00. The van der Waals surface area contributed by atoms with Gasteiger partial charge < -0.3 is 20.5 Å². The van der Waals surface area contributed by atoms with Crippen molar-refractivity contribution in [2.45, 2.75) is 19.9 Å². The van der Waals surface area contributed by atoms with Crippen molar-refractivity contribution in [2.75, 3.05) is 32.1 Å². The van der Waals surface area contributed by atoms with Crippen molar-refractivity contribution in [3.8, 4) is 0 Å². The molecule has 156 valence electrons. The van der Waals surface area contributed by atoms with Gasteiger partial charge in [0.25, 0.3) is 0 Å². The molecule has 0 bridgehead atoms. The maximum atomic E-state index is 13.5. The summed E-state index contributed by atoms with van der Waals surface area (Å²) in [6, 6.07) is 10.7. The van der Waals surface area contributed by atoms with Gasteiger partial charge in [0.1, 0.15) is 11.6 Å². The second-order valence-corrected chi connectivity index (χ2v) is 6.76. The Hall–Kier alpha value is -2.36. The fraction of sp³-hybridized carbons (Fsp3) is 0.333. The van der Waals surface area contributed by atoms with E-state index >= 15 is 0 Å². The molecule has 2 heterocycles. The number of halogens is 2. The number of aromatic nitrogens is 2. The van der Waals surface area contributed by atoms with Crippen LogP contribution in [0.4, 0.5) is 10.2 Å². The number of fused-ring (bicyclic) bond motifs is 1. The third kappa shape index (κ3) is 6.31. The first kappa shape index (κ1) is 22.9. The van der Waals surface area contributed by atoms with E-state index in [4.69, 9.17) is 0 Å². The highest BCUT2D eigenvalue weighted by Gasteiger charge is 2.06. The molecule has 0 aliphatic rings. The number of benzene rings is 1. The first-order valence-corrected chi connectivity index (χ1v) is 9.47. The molecule has 3 N–H and O–H groups in total. The minimum absolute atomic E-state index is 0. The Balaban J connectivity index is 0.00000300. The van der Waals surface area contributed by atoms with E-state index < -0.39 is 0 Å². The predicted octanol–water partition coefficient (Wildman–Crippen LogP) is 3.68. The molecule has 0 unspecified atom stereocenters. The summed E-state index contributed by atoms with van der Waals surface area (Å²) in [4.78, 5) is 14.4. The summed E-state index contributed by atoms with van der Waals surface area (Å²) in [6.07, 6.45) is 2.70. The molecule has 6 nitrogen and oxygen atoms in total. The number of aliphatic imine (C=N–C) groups is 1. The van der Waals surface area contributed by atoms with E-state index in [1.807, 2.05) is 50.3 Å². The van der Waals surface area contributed by atoms with Crippen molar-refractivity contribution in [1.29, 1.82) is 0 Å². The van der Waals surface area contributed by atoms with Crippen molar-refractivity contribution in [2.24, 2.45) is 4.99 Å². The summed E-state index contributed by atoms with van der Waals surface area (Å²) in [5.74, 6) is 1.44. The molecule has 3 rings (SSSR count). The zero-order valence-corrected chi connectivity index (χ0v) is 19.3. The number of hydrogen-bond donors (Lipinski definition) is 3. The molecule has 29 heavy (non-hydrogen) atoms. The van der Waals surface area contributed by atoms with Crippen LogP contribution in [0.2, 0.25) is 0 Å². The lowest BCUT2D eigenvalue weighted by molar-refractivity contribution is 0.629. The van der Waals surface area contributed by atoms with Crippen LogP contribution >= 0.6 is 24.0 Å². The van der Waals surface area contributed by atoms with E-state index in [2.05, 4.69) is 25.6 Å². The number of rotatable bonds is 7. The number of guanidine groups is 1. The van der Waals surface area contributed by atoms with Crippen molar-refractivity contribution in [1.82, 2.24) is 20.6 Å². The van der Waals surface area contributed by atoms with Crippen LogP contribution in [0.15, 0.2) is 47.6 Å². The predicted molar refractivity (Wildman–Crippen MR) is 129 cm³/mol. The van der Waals surface area contributed by atoms with E-state index in [0.717, 1.165) is 46.9 Å². The Morgan fingerprint density at radius 2 is 2.03 bits per heavy atom. The molecule has 0 fully saturated rings. The van der Waals surface area contributed by atoms with E-state index in [1.165, 1.54) is 6.07 Å². The lowest BCUT2D eigenvalue weighted by Gasteiger charge is -2.13. The van der Waals surface area contributed by atoms with Crippen molar-refractivity contribution >= 4 is 46.7 Å². The van der Waals surface area contributed by atoms with Crippen LogP contribution < -0.4 is 15.5 Å². The fourth-order valence-electron chi connectivity index (χ4n) is 2.98. The van der Waals surface area contributed by atoms with Gasteiger partial charge in [0.15, 0.2) is 5.96 Å². The molecule has 3 aromatic rings. The standard InChI is InChI=1S/C21H27FN6.HI/c1-4-23-21(26-14-17-6-5-7-20(27-17)28(2)3)24-11-10-15-13-25-19-9-8-16(22)12-18(15)19;/h5-9,12-13,25H,4,10-11,14H2,1-3H3,(H2,23,24,26);1H. The maximum absolute atomic E-state index is 13.5. The van der Waals surface area contributed by atoms with Crippen LogP contribution in [0.5, 0.6) is 0 Å². The summed E-state index contributed by atoms with van der Waals surface area (Å²) in [5.41, 5.74) is 2.94. The average Bonchev–Trinajstić information content (AvgIpc) is 3.08. The van der Waals surface area contributed by atoms with Gasteiger partial charge in [0.2, 0.25) is 0 Å². The molecular weight excluding hydrogens is 482 g/mol. The monoisotopic (exact) mass is 510 g/mol. The van der Waals surface area contributed by atoms with Gasteiger partial charge in [-0.15, -0.1) is 24.0 Å². The van der Waals surface area contributed by atoms with Crippen molar-refractivity contribution in [3.63, 3.8) is 0 Å². The maximum Gasteiger partial charge on any atom is 0.191 e. The Labute approximate surface area is 188 Å². The van der Waals surface area contributed by atoms with Gasteiger partial charge >= 0.3 is 0 Å². The topological polar surface area (TPSA) is 68.3 Å². The largest absolute Gasteiger partial charge is 0.363 e. The van der Waals surface area contributed by atoms with Gasteiger partial charge in [0, 0.05) is 44.3 Å². The van der Waals surface area contributed by atoms with E-state index in [-0.39, 0.29) is 29.8 Å². The Kier molecular flexibility index (Phi) is 8.69. The Bertz CT molecular complexity index is 953. The number of hydrogen-bond acceptors (Lipinski definition) is 3. The third-order valence-corrected chi connectivity index (χ3v) is 4.41. The Morgan fingerprint density at radius 1 is 1.21 bits per heavy atom. The van der Waals surface area contributed by atoms with Gasteiger partial charge in [-0.3, -0.25) is 0 Å². The number of pyridine rings is 1. The SMILES string of the molecule is CCNC(=NCc1cccc(N(C)C)n1)NCCc1c[nH]c2ccc(F)cc12.I. The summed E-state index contributed by atoms with van der Waals surface area (Å²) < 4.78 is 13.5. The smallest absolute Gasteiger partial charge is 0.191 e. The van der Waals surface area contributed by atoms with Crippen LogP contribution in [0.1, 0.15) is 18.2 Å². The third-order valence-electron chi connectivity index (χ3n) is 4.41. The molecule has 0 aliphatic carbocycles. The van der Waals surface area contributed by atoms with Crippen LogP contribution in [0, 0.1) is 5.82 Å². The Morgan fingerprint density at radius 3 is 2.79 bits per heavy atom. The zero-order valence-electron chi connectivity index (χ0n) is 17.0. The molecule has 0 aliphatic heterocycles. The van der Waals surface area contributed by atoms with E-state index in [1.54, 1.807) is 12.1 Å². The number of H-pyrrole nitrogens is 1. The van der Waals surface area contributed by atoms with Crippen LogP contribution in [0.25, 0.3) is 10.9 Å². The molecule has 0 amide bonds. The number of nitrogens with one attached hydrogen (secondary N) is 3. The fourth-order valence-corrected chi connectivity index (χ4v) is 2.98. The second kappa shape index (κ2) is 11.0. The minimum Gasteiger partial charge on any atom is -0.363 e. The lowest BCUT2D eigenvalue weighted by Crippen LogP contribution is -2.38. The van der Waals surface area contributed by atoms with Gasteiger partial charge in [-0.1, -0.05) is 6.07 Å². The first-order chi connectivity index (χ1) is 13.6. The van der Waals surface area contributed by atoms with Crippen LogP contribution in [-0.4, -0.2) is 43.1 Å². The van der Waals surface area contributed by atoms with Crippen LogP contribution in [-0.2, 0) is 13.0 Å². The van der Waals surface area contributed by atoms with Gasteiger partial charge in [-0.2, -0.15) is 0 Å². The van der Waals surface area contributed by atoms with E-state index in [9.17, 15) is 4.39 Å².